The van der Waals surface area contributed by atoms with Crippen LogP contribution in [-0.4, -0.2) is 61.9 Å². The van der Waals surface area contributed by atoms with Crippen LogP contribution in [0.25, 0.3) is 0 Å². The highest BCUT2D eigenvalue weighted by Crippen LogP contribution is 2.13. The molecular formula is C19H20N2O9S2. The molecule has 0 radical (unpaired) electrons. The van der Waals surface area contributed by atoms with E-state index in [1.165, 1.54) is 50.5 Å². The van der Waals surface area contributed by atoms with Gasteiger partial charge in [0, 0.05) is 0 Å². The molecule has 2 aromatic carbocycles. The lowest BCUT2D eigenvalue weighted by Gasteiger charge is -2.08. The summed E-state index contributed by atoms with van der Waals surface area (Å²) in [5.74, 6) is -2.63. The van der Waals surface area contributed by atoms with Gasteiger partial charge in [-0.2, -0.15) is 0 Å². The number of Topliss-reactive ketones (excluding diaryl/α,β-unsaturated/α-hetero) is 1. The molecule has 2 rings (SSSR count). The maximum atomic E-state index is 12.1. The minimum Gasteiger partial charge on any atom is -0.454 e. The van der Waals surface area contributed by atoms with E-state index in [0.717, 1.165) is 12.1 Å². The molecule has 2 aromatic rings. The summed E-state index contributed by atoms with van der Waals surface area (Å²) in [6.07, 6.45) is 0. The molecule has 0 aliphatic rings. The highest BCUT2D eigenvalue weighted by Gasteiger charge is 2.18. The molecular weight excluding hydrogens is 464 g/mol. The second kappa shape index (κ2) is 10.5. The predicted molar refractivity (Wildman–Crippen MR) is 111 cm³/mol. The molecule has 32 heavy (non-hydrogen) atoms. The Kier molecular flexibility index (Phi) is 8.21. The molecule has 0 atom stereocenters. The molecule has 0 aliphatic heterocycles. The van der Waals surface area contributed by atoms with Crippen molar-refractivity contribution < 1.29 is 40.7 Å². The number of sulfonamides is 2. The van der Waals surface area contributed by atoms with Gasteiger partial charge in [-0.3, -0.25) is 4.79 Å². The largest absolute Gasteiger partial charge is 0.454 e. The highest BCUT2D eigenvalue weighted by atomic mass is 32.2. The maximum absolute atomic E-state index is 12.1. The number of hydrogen-bond donors (Lipinski definition) is 2. The number of benzene rings is 2. The van der Waals surface area contributed by atoms with Gasteiger partial charge in [0.15, 0.2) is 13.2 Å². The Labute approximate surface area is 184 Å². The third-order valence-electron chi connectivity index (χ3n) is 4.03. The first-order valence-electron chi connectivity index (χ1n) is 8.93. The van der Waals surface area contributed by atoms with Crippen molar-refractivity contribution >= 4 is 37.8 Å². The number of nitrogens with one attached hydrogen (secondary N) is 2. The van der Waals surface area contributed by atoms with Crippen molar-refractivity contribution in [2.45, 2.75) is 9.79 Å². The standard InChI is InChI=1S/C19H20N2O9S2/c1-20-31(25,26)16-7-3-5-13(9-16)18(23)29-11-15(22)12-30-19(24)14-6-4-8-17(10-14)32(27,28)21-2/h3-10,20-21H,11-12H2,1-2H3. The summed E-state index contributed by atoms with van der Waals surface area (Å²) < 4.78 is 61.1. The SMILES string of the molecule is CNS(=O)(=O)c1cccc(C(=O)OCC(=O)COC(=O)c2cccc(S(=O)(=O)NC)c2)c1. The fourth-order valence-corrected chi connectivity index (χ4v) is 3.87. The van der Waals surface area contributed by atoms with E-state index in [9.17, 15) is 31.2 Å². The zero-order valence-electron chi connectivity index (χ0n) is 17.0. The number of esters is 2. The fraction of sp³-hybridized carbons (Fsp3) is 0.211. The normalized spacial score (nSPS) is 11.6. The van der Waals surface area contributed by atoms with E-state index < -0.39 is 51.0 Å². The summed E-state index contributed by atoms with van der Waals surface area (Å²) in [5, 5.41) is 0. The molecule has 0 aromatic heterocycles. The van der Waals surface area contributed by atoms with Crippen LogP contribution < -0.4 is 9.44 Å². The number of ether oxygens (including phenoxy) is 2. The summed E-state index contributed by atoms with van der Waals surface area (Å²) >= 11 is 0. The van der Waals surface area contributed by atoms with E-state index in [4.69, 9.17) is 9.47 Å². The predicted octanol–water partition coefficient (Wildman–Crippen LogP) is 0.0857. The van der Waals surface area contributed by atoms with Crippen molar-refractivity contribution in [3.05, 3.63) is 59.7 Å². The molecule has 2 N–H and O–H groups in total. The Morgan fingerprint density at radius 1 is 0.719 bits per heavy atom. The first kappa shape index (κ1) is 25.1. The Morgan fingerprint density at radius 3 is 1.44 bits per heavy atom. The summed E-state index contributed by atoms with van der Waals surface area (Å²) in [5.41, 5.74) is -0.178. The van der Waals surface area contributed by atoms with Gasteiger partial charge in [0.05, 0.1) is 20.9 Å². The van der Waals surface area contributed by atoms with Gasteiger partial charge in [0.25, 0.3) is 0 Å². The van der Waals surface area contributed by atoms with Crippen LogP contribution >= 0.6 is 0 Å². The molecule has 0 aliphatic carbocycles. The Morgan fingerprint density at radius 2 is 1.09 bits per heavy atom. The first-order chi connectivity index (χ1) is 15.0. The lowest BCUT2D eigenvalue weighted by Crippen LogP contribution is -2.22. The smallest absolute Gasteiger partial charge is 0.338 e. The lowest BCUT2D eigenvalue weighted by molar-refractivity contribution is -0.125. The molecule has 0 bridgehead atoms. The zero-order chi connectivity index (χ0) is 23.9. The topological polar surface area (TPSA) is 162 Å². The minimum atomic E-state index is -3.77. The maximum Gasteiger partial charge on any atom is 0.338 e. The van der Waals surface area contributed by atoms with Gasteiger partial charge in [-0.15, -0.1) is 0 Å². The average molecular weight is 485 g/mol. The fourth-order valence-electron chi connectivity index (χ4n) is 2.32. The summed E-state index contributed by atoms with van der Waals surface area (Å²) in [4.78, 5) is 35.7. The van der Waals surface area contributed by atoms with Crippen molar-refractivity contribution in [1.29, 1.82) is 0 Å². The summed E-state index contributed by atoms with van der Waals surface area (Å²) in [6, 6.07) is 10.0. The number of ketones is 1. The molecule has 172 valence electrons. The van der Waals surface area contributed by atoms with Gasteiger partial charge < -0.3 is 9.47 Å². The van der Waals surface area contributed by atoms with Crippen LogP contribution in [-0.2, 0) is 34.3 Å². The molecule has 0 amide bonds. The number of hydrogen-bond acceptors (Lipinski definition) is 9. The van der Waals surface area contributed by atoms with E-state index >= 15 is 0 Å². The van der Waals surface area contributed by atoms with E-state index in [0.29, 0.717) is 0 Å². The third kappa shape index (κ3) is 6.43. The van der Waals surface area contributed by atoms with Crippen LogP contribution in [0.3, 0.4) is 0 Å². The monoisotopic (exact) mass is 484 g/mol. The second-order valence-corrected chi connectivity index (χ2v) is 9.93. The summed E-state index contributed by atoms with van der Waals surface area (Å²) in [7, 11) is -5.10. The highest BCUT2D eigenvalue weighted by molar-refractivity contribution is 7.89. The molecule has 0 saturated carbocycles. The second-order valence-electron chi connectivity index (χ2n) is 6.16. The first-order valence-corrected chi connectivity index (χ1v) is 11.9. The number of carbonyl (C=O) groups is 3. The van der Waals surface area contributed by atoms with E-state index in [1.54, 1.807) is 0 Å². The van der Waals surface area contributed by atoms with Crippen molar-refractivity contribution in [2.75, 3.05) is 27.3 Å². The van der Waals surface area contributed by atoms with Crippen LogP contribution in [0.2, 0.25) is 0 Å². The van der Waals surface area contributed by atoms with Crippen LogP contribution in [0, 0.1) is 0 Å². The van der Waals surface area contributed by atoms with Gasteiger partial charge in [0.1, 0.15) is 0 Å². The summed E-state index contributed by atoms with van der Waals surface area (Å²) in [6.45, 7) is -1.44. The average Bonchev–Trinajstić information content (AvgIpc) is 2.81. The van der Waals surface area contributed by atoms with Gasteiger partial charge in [-0.25, -0.2) is 35.9 Å². The lowest BCUT2D eigenvalue weighted by atomic mass is 10.2. The minimum absolute atomic E-state index is 0.0892. The Hall–Kier alpha value is -3.13. The quantitative estimate of drug-likeness (QED) is 0.445. The number of carbonyl (C=O) groups excluding carboxylic acids is 3. The van der Waals surface area contributed by atoms with Crippen LogP contribution in [0.5, 0.6) is 0 Å². The van der Waals surface area contributed by atoms with Gasteiger partial charge >= 0.3 is 11.9 Å². The van der Waals surface area contributed by atoms with Crippen LogP contribution in [0.4, 0.5) is 0 Å². The molecule has 0 heterocycles. The van der Waals surface area contributed by atoms with Gasteiger partial charge in [-0.05, 0) is 50.5 Å². The molecule has 0 saturated heterocycles. The molecule has 13 heteroatoms. The van der Waals surface area contributed by atoms with Crippen molar-refractivity contribution in [2.24, 2.45) is 0 Å². The van der Waals surface area contributed by atoms with Gasteiger partial charge in [0.2, 0.25) is 25.8 Å². The van der Waals surface area contributed by atoms with Crippen LogP contribution in [0.15, 0.2) is 58.3 Å². The van der Waals surface area contributed by atoms with Crippen LogP contribution in [0.1, 0.15) is 20.7 Å². The van der Waals surface area contributed by atoms with E-state index in [2.05, 4.69) is 9.44 Å². The van der Waals surface area contributed by atoms with Crippen molar-refractivity contribution in [3.8, 4) is 0 Å². The molecule has 11 nitrogen and oxygen atoms in total. The third-order valence-corrected chi connectivity index (χ3v) is 6.85. The molecule has 0 unspecified atom stereocenters. The van der Waals surface area contributed by atoms with Crippen molar-refractivity contribution in [3.63, 3.8) is 0 Å². The Balaban J connectivity index is 1.93. The molecule has 0 fully saturated rings. The van der Waals surface area contributed by atoms with Crippen molar-refractivity contribution in [1.82, 2.24) is 9.44 Å². The zero-order valence-corrected chi connectivity index (χ0v) is 18.7. The van der Waals surface area contributed by atoms with E-state index in [1.807, 2.05) is 0 Å². The number of rotatable bonds is 10. The molecule has 0 spiro atoms. The Bertz CT molecular complexity index is 1140. The van der Waals surface area contributed by atoms with Gasteiger partial charge in [-0.1, -0.05) is 12.1 Å². The van der Waals surface area contributed by atoms with E-state index in [-0.39, 0.29) is 20.9 Å².